The molecule has 0 bridgehead atoms. The van der Waals surface area contributed by atoms with Gasteiger partial charge in [0.05, 0.1) is 17.7 Å². The molecule has 134 valence electrons. The Bertz CT molecular complexity index is 585. The van der Waals surface area contributed by atoms with Crippen LogP contribution in [0.1, 0.15) is 36.1 Å². The van der Waals surface area contributed by atoms with E-state index in [1.54, 1.807) is 5.51 Å². The molecule has 1 aromatic heterocycles. The van der Waals surface area contributed by atoms with E-state index < -0.39 is 0 Å². The summed E-state index contributed by atoms with van der Waals surface area (Å²) < 4.78 is 0.242. The number of nitrogens with one attached hydrogen (secondary N) is 2. The van der Waals surface area contributed by atoms with Gasteiger partial charge in [0, 0.05) is 36.7 Å². The first-order chi connectivity index (χ1) is 11.4. The molecule has 2 rings (SSSR count). The Morgan fingerprint density at radius 3 is 2.88 bits per heavy atom. The van der Waals surface area contributed by atoms with Crippen LogP contribution in [0.25, 0.3) is 0 Å². The van der Waals surface area contributed by atoms with Crippen LogP contribution in [0.4, 0.5) is 0 Å². The van der Waals surface area contributed by atoms with Gasteiger partial charge in [-0.05, 0) is 27.7 Å². The van der Waals surface area contributed by atoms with Crippen molar-refractivity contribution in [3.8, 4) is 0 Å². The molecule has 0 aliphatic carbocycles. The molecule has 1 aliphatic rings. The Morgan fingerprint density at radius 2 is 2.25 bits per heavy atom. The Kier molecular flexibility index (Phi) is 6.91. The van der Waals surface area contributed by atoms with E-state index in [-0.39, 0.29) is 10.7 Å². The molecule has 24 heavy (non-hydrogen) atoms. The molecule has 0 atom stereocenters. The van der Waals surface area contributed by atoms with Crippen LogP contribution in [0.3, 0.4) is 0 Å². The second kappa shape index (κ2) is 8.71. The topological polar surface area (TPSA) is 69.6 Å². The molecular formula is C16H27N5OS2. The number of carbonyl (C=O) groups excluding carboxylic acids is 1. The highest BCUT2D eigenvalue weighted by Crippen LogP contribution is 2.29. The number of hydrogen-bond acceptors (Lipinski definition) is 5. The van der Waals surface area contributed by atoms with E-state index in [4.69, 9.17) is 0 Å². The van der Waals surface area contributed by atoms with Crippen molar-refractivity contribution in [2.75, 3.05) is 38.5 Å². The first kappa shape index (κ1) is 19.1. The molecular weight excluding hydrogens is 342 g/mol. The highest BCUT2D eigenvalue weighted by Gasteiger charge is 2.28. The molecule has 2 heterocycles. The lowest BCUT2D eigenvalue weighted by Gasteiger charge is -2.39. The van der Waals surface area contributed by atoms with Gasteiger partial charge in [0.2, 0.25) is 0 Å². The Hall–Kier alpha value is -1.28. The van der Waals surface area contributed by atoms with Crippen molar-refractivity contribution >= 4 is 35.0 Å². The SMILES string of the molecule is CCNC(=NCCNC(=O)c1scnc1C)N1CCSC(C)(C)C1. The third kappa shape index (κ3) is 5.37. The first-order valence-electron chi connectivity index (χ1n) is 8.28. The van der Waals surface area contributed by atoms with Crippen molar-refractivity contribution in [2.24, 2.45) is 4.99 Å². The predicted molar refractivity (Wildman–Crippen MR) is 103 cm³/mol. The van der Waals surface area contributed by atoms with Crippen molar-refractivity contribution < 1.29 is 4.79 Å². The lowest BCUT2D eigenvalue weighted by molar-refractivity contribution is 0.0958. The van der Waals surface area contributed by atoms with Crippen molar-refractivity contribution in [3.05, 3.63) is 16.1 Å². The summed E-state index contributed by atoms with van der Waals surface area (Å²) >= 11 is 3.38. The fourth-order valence-corrected chi connectivity index (χ4v) is 4.38. The second-order valence-corrected chi connectivity index (χ2v) is 8.95. The molecule has 1 aliphatic heterocycles. The van der Waals surface area contributed by atoms with Gasteiger partial charge in [-0.3, -0.25) is 9.79 Å². The van der Waals surface area contributed by atoms with Gasteiger partial charge in [-0.15, -0.1) is 11.3 Å². The van der Waals surface area contributed by atoms with E-state index in [0.717, 1.165) is 37.0 Å². The molecule has 2 N–H and O–H groups in total. The van der Waals surface area contributed by atoms with E-state index in [1.165, 1.54) is 11.3 Å². The minimum atomic E-state index is -0.0642. The maximum Gasteiger partial charge on any atom is 0.263 e. The minimum absolute atomic E-state index is 0.0642. The standard InChI is InChI=1S/C16H27N5OS2/c1-5-17-15(21-8-9-24-16(3,4)10-21)19-7-6-18-14(22)13-12(2)20-11-23-13/h11H,5-10H2,1-4H3,(H,17,19)(H,18,22). The zero-order valence-electron chi connectivity index (χ0n) is 14.9. The summed E-state index contributed by atoms with van der Waals surface area (Å²) in [6, 6.07) is 0. The van der Waals surface area contributed by atoms with E-state index in [0.29, 0.717) is 18.0 Å². The number of nitrogens with zero attached hydrogens (tertiary/aromatic N) is 3. The van der Waals surface area contributed by atoms with E-state index in [9.17, 15) is 4.79 Å². The average Bonchev–Trinajstić information content (AvgIpc) is 2.95. The van der Waals surface area contributed by atoms with Crippen LogP contribution in [0, 0.1) is 6.92 Å². The molecule has 0 radical (unpaired) electrons. The van der Waals surface area contributed by atoms with Crippen LogP contribution in [0.5, 0.6) is 0 Å². The van der Waals surface area contributed by atoms with Gasteiger partial charge in [-0.25, -0.2) is 4.98 Å². The summed E-state index contributed by atoms with van der Waals surface area (Å²) in [6.07, 6.45) is 0. The first-order valence-corrected chi connectivity index (χ1v) is 10.1. The maximum atomic E-state index is 12.1. The number of aryl methyl sites for hydroxylation is 1. The summed E-state index contributed by atoms with van der Waals surface area (Å²) in [6.45, 7) is 12.4. The number of amides is 1. The molecule has 1 saturated heterocycles. The van der Waals surface area contributed by atoms with Crippen LogP contribution in [0.2, 0.25) is 0 Å². The molecule has 0 aromatic carbocycles. The lowest BCUT2D eigenvalue weighted by atomic mass is 10.2. The summed E-state index contributed by atoms with van der Waals surface area (Å²) in [5, 5.41) is 6.28. The zero-order chi connectivity index (χ0) is 17.6. The smallest absolute Gasteiger partial charge is 0.263 e. The van der Waals surface area contributed by atoms with Gasteiger partial charge >= 0.3 is 0 Å². The number of carbonyl (C=O) groups is 1. The van der Waals surface area contributed by atoms with Gasteiger partial charge in [-0.1, -0.05) is 0 Å². The van der Waals surface area contributed by atoms with Crippen LogP contribution in [-0.4, -0.2) is 65.0 Å². The average molecular weight is 370 g/mol. The quantitative estimate of drug-likeness (QED) is 0.472. The molecule has 1 aromatic rings. The monoisotopic (exact) mass is 369 g/mol. The van der Waals surface area contributed by atoms with Crippen LogP contribution >= 0.6 is 23.1 Å². The van der Waals surface area contributed by atoms with E-state index in [1.807, 2.05) is 18.7 Å². The Labute approximate surface area is 152 Å². The third-order valence-corrected chi connectivity index (χ3v) is 5.90. The van der Waals surface area contributed by atoms with Crippen molar-refractivity contribution in [1.29, 1.82) is 0 Å². The van der Waals surface area contributed by atoms with E-state index in [2.05, 4.69) is 46.3 Å². The van der Waals surface area contributed by atoms with E-state index >= 15 is 0 Å². The van der Waals surface area contributed by atoms with Gasteiger partial charge in [0.25, 0.3) is 5.91 Å². The zero-order valence-corrected chi connectivity index (χ0v) is 16.5. The number of guanidine groups is 1. The highest BCUT2D eigenvalue weighted by molar-refractivity contribution is 8.00. The van der Waals surface area contributed by atoms with Crippen LogP contribution < -0.4 is 10.6 Å². The van der Waals surface area contributed by atoms with Gasteiger partial charge in [0.1, 0.15) is 4.88 Å². The highest BCUT2D eigenvalue weighted by atomic mass is 32.2. The Balaban J connectivity index is 1.87. The Morgan fingerprint density at radius 1 is 1.46 bits per heavy atom. The summed E-state index contributed by atoms with van der Waals surface area (Å²) in [4.78, 5) is 23.8. The van der Waals surface area contributed by atoms with Crippen LogP contribution in [0.15, 0.2) is 10.5 Å². The minimum Gasteiger partial charge on any atom is -0.357 e. The number of hydrogen-bond donors (Lipinski definition) is 2. The fraction of sp³-hybridized carbons (Fsp3) is 0.688. The van der Waals surface area contributed by atoms with Gasteiger partial charge < -0.3 is 15.5 Å². The number of thiazole rings is 1. The molecule has 0 unspecified atom stereocenters. The molecule has 8 heteroatoms. The van der Waals surface area contributed by atoms with Gasteiger partial charge in [-0.2, -0.15) is 11.8 Å². The number of aliphatic imine (C=N–C) groups is 1. The second-order valence-electron chi connectivity index (χ2n) is 6.29. The number of rotatable bonds is 5. The van der Waals surface area contributed by atoms with Crippen molar-refractivity contribution in [2.45, 2.75) is 32.4 Å². The maximum absolute atomic E-state index is 12.1. The summed E-state index contributed by atoms with van der Waals surface area (Å²) in [5.41, 5.74) is 2.48. The fourth-order valence-electron chi connectivity index (χ4n) is 2.55. The molecule has 6 nitrogen and oxygen atoms in total. The number of thioether (sulfide) groups is 1. The third-order valence-electron chi connectivity index (χ3n) is 3.67. The summed E-state index contributed by atoms with van der Waals surface area (Å²) in [7, 11) is 0. The van der Waals surface area contributed by atoms with Gasteiger partial charge in [0.15, 0.2) is 5.96 Å². The lowest BCUT2D eigenvalue weighted by Crippen LogP contribution is -2.51. The number of aromatic nitrogens is 1. The molecule has 0 spiro atoms. The normalized spacial score (nSPS) is 17.7. The largest absolute Gasteiger partial charge is 0.357 e. The molecule has 1 amide bonds. The van der Waals surface area contributed by atoms with Crippen molar-refractivity contribution in [1.82, 2.24) is 20.5 Å². The van der Waals surface area contributed by atoms with Crippen LogP contribution in [-0.2, 0) is 0 Å². The summed E-state index contributed by atoms with van der Waals surface area (Å²) in [5.74, 6) is 1.98. The predicted octanol–water partition coefficient (Wildman–Crippen LogP) is 1.97. The van der Waals surface area contributed by atoms with Crippen molar-refractivity contribution in [3.63, 3.8) is 0 Å². The molecule has 1 fully saturated rings. The molecule has 0 saturated carbocycles.